The zero-order valence-electron chi connectivity index (χ0n) is 31.8. The Morgan fingerprint density at radius 1 is 0.431 bits per heavy atom. The maximum Gasteiger partial charge on any atom is 0.333 e. The van der Waals surface area contributed by atoms with Gasteiger partial charge in [0.1, 0.15) is 0 Å². The van der Waals surface area contributed by atoms with E-state index in [1.807, 2.05) is 0 Å². The molecule has 5 heteroatoms. The number of para-hydroxylation sites is 5. The van der Waals surface area contributed by atoms with Crippen molar-refractivity contribution >= 4 is 94.2 Å². The molecule has 0 N–H and O–H groups in total. The summed E-state index contributed by atoms with van der Waals surface area (Å²) in [6, 6.07) is 55.8. The molecule has 16 rings (SSSR count). The van der Waals surface area contributed by atoms with Gasteiger partial charge in [-0.15, -0.1) is 0 Å². The van der Waals surface area contributed by atoms with Gasteiger partial charge in [-0.3, -0.25) is 0 Å². The average molecular weight is 735 g/mol. The summed E-state index contributed by atoms with van der Waals surface area (Å²) < 4.78 is 10.7. The first-order valence-corrected chi connectivity index (χ1v) is 20.6. The van der Waals surface area contributed by atoms with Crippen LogP contribution in [0.15, 0.2) is 146 Å². The molecule has 0 aliphatic carbocycles. The Morgan fingerprint density at radius 3 is 1.91 bits per heavy atom. The molecular formula is C53H31BN4. The van der Waals surface area contributed by atoms with Gasteiger partial charge < -0.3 is 18.2 Å². The average Bonchev–Trinajstić information content (AvgIpc) is 3.99. The Kier molecular flexibility index (Phi) is 4.66. The van der Waals surface area contributed by atoms with Crippen molar-refractivity contribution in [2.75, 3.05) is 0 Å². The Morgan fingerprint density at radius 2 is 1.07 bits per heavy atom. The van der Waals surface area contributed by atoms with Crippen LogP contribution >= 0.6 is 0 Å². The number of nitrogens with zero attached hydrogens (tertiary/aromatic N) is 4. The van der Waals surface area contributed by atoms with Crippen LogP contribution in [0, 0.1) is 13.8 Å². The SMILES string of the molecule is Cc1ccc2c3c1-c1cccc4c1n(c1c5ccc(C)c6c5n(c41)C1c4c-6cccc4-n4c5ccccc5c5cccc1c54)B3c1cccc3c4ccccc4n-2c13. The van der Waals surface area contributed by atoms with Gasteiger partial charge in [-0.05, 0) is 71.3 Å². The van der Waals surface area contributed by atoms with Gasteiger partial charge in [-0.2, -0.15) is 0 Å². The highest BCUT2D eigenvalue weighted by atomic mass is 15.1. The molecule has 0 radical (unpaired) electrons. The fourth-order valence-corrected chi connectivity index (χ4v) is 12.8. The summed E-state index contributed by atoms with van der Waals surface area (Å²) in [5.74, 6) is 0. The first-order chi connectivity index (χ1) is 28.7. The van der Waals surface area contributed by atoms with E-state index in [1.54, 1.807) is 0 Å². The number of aromatic nitrogens is 4. The second-order valence-electron chi connectivity index (χ2n) is 17.2. The lowest BCUT2D eigenvalue weighted by Crippen LogP contribution is -2.55. The molecule has 8 aromatic carbocycles. The predicted molar refractivity (Wildman–Crippen MR) is 242 cm³/mol. The van der Waals surface area contributed by atoms with E-state index in [2.05, 4.69) is 178 Å². The number of benzene rings is 8. The molecule has 0 saturated heterocycles. The van der Waals surface area contributed by atoms with Crippen LogP contribution in [0.4, 0.5) is 0 Å². The van der Waals surface area contributed by atoms with E-state index >= 15 is 0 Å². The molecule has 4 aliphatic rings. The molecule has 4 nitrogen and oxygen atoms in total. The van der Waals surface area contributed by atoms with Crippen LogP contribution in [-0.2, 0) is 0 Å². The van der Waals surface area contributed by atoms with Gasteiger partial charge in [0.25, 0.3) is 0 Å². The molecule has 266 valence electrons. The van der Waals surface area contributed by atoms with Gasteiger partial charge in [0.15, 0.2) is 0 Å². The smallest absolute Gasteiger partial charge is 0.333 e. The summed E-state index contributed by atoms with van der Waals surface area (Å²) in [5, 5.41) is 7.94. The van der Waals surface area contributed by atoms with Crippen LogP contribution < -0.4 is 10.9 Å². The molecule has 1 unspecified atom stereocenters. The highest BCUT2D eigenvalue weighted by Gasteiger charge is 2.45. The Balaban J connectivity index is 1.14. The Hall–Kier alpha value is -7.24. The lowest BCUT2D eigenvalue weighted by Gasteiger charge is -2.36. The van der Waals surface area contributed by atoms with Crippen LogP contribution in [0.5, 0.6) is 0 Å². The summed E-state index contributed by atoms with van der Waals surface area (Å²) in [5.41, 5.74) is 26.9. The van der Waals surface area contributed by atoms with Gasteiger partial charge in [0.05, 0.1) is 50.3 Å². The van der Waals surface area contributed by atoms with Crippen LogP contribution in [0.25, 0.3) is 110 Å². The molecule has 0 bridgehead atoms. The second kappa shape index (κ2) is 9.31. The van der Waals surface area contributed by atoms with Crippen LogP contribution in [-0.4, -0.2) is 25.0 Å². The monoisotopic (exact) mass is 734 g/mol. The third-order valence-corrected chi connectivity index (χ3v) is 14.8. The van der Waals surface area contributed by atoms with Crippen molar-refractivity contribution in [2.45, 2.75) is 19.9 Å². The number of aryl methyl sites for hydroxylation is 2. The van der Waals surface area contributed by atoms with E-state index < -0.39 is 0 Å². The van der Waals surface area contributed by atoms with Gasteiger partial charge in [-0.25, -0.2) is 0 Å². The lowest BCUT2D eigenvalue weighted by atomic mass is 9.45. The van der Waals surface area contributed by atoms with Crippen molar-refractivity contribution in [3.8, 4) is 33.6 Å². The maximum absolute atomic E-state index is 2.79. The fraction of sp³-hybridized carbons (Fsp3) is 0.0566. The van der Waals surface area contributed by atoms with Crippen molar-refractivity contribution in [3.63, 3.8) is 0 Å². The van der Waals surface area contributed by atoms with E-state index in [1.165, 1.54) is 143 Å². The highest BCUT2D eigenvalue weighted by molar-refractivity contribution is 6.90. The molecule has 58 heavy (non-hydrogen) atoms. The maximum atomic E-state index is 2.79. The molecule has 0 spiro atoms. The minimum Gasteiger partial charge on any atom is -0.374 e. The predicted octanol–water partition coefficient (Wildman–Crippen LogP) is 11.4. The molecule has 4 aromatic heterocycles. The van der Waals surface area contributed by atoms with Crippen molar-refractivity contribution in [2.24, 2.45) is 0 Å². The van der Waals surface area contributed by atoms with Gasteiger partial charge in [-0.1, -0.05) is 121 Å². The molecule has 12 aromatic rings. The number of hydrogen-bond acceptors (Lipinski definition) is 0. The van der Waals surface area contributed by atoms with Crippen LogP contribution in [0.3, 0.4) is 0 Å². The van der Waals surface area contributed by atoms with E-state index in [0.717, 1.165) is 0 Å². The Labute approximate surface area is 332 Å². The molecule has 4 aliphatic heterocycles. The zero-order chi connectivity index (χ0) is 37.4. The summed E-state index contributed by atoms with van der Waals surface area (Å²) in [4.78, 5) is 0. The van der Waals surface area contributed by atoms with Crippen molar-refractivity contribution in [1.29, 1.82) is 0 Å². The number of rotatable bonds is 0. The summed E-state index contributed by atoms with van der Waals surface area (Å²) in [6.07, 6.45) is 0. The van der Waals surface area contributed by atoms with E-state index in [0.29, 0.717) is 0 Å². The molecule has 0 saturated carbocycles. The van der Waals surface area contributed by atoms with Gasteiger partial charge in [0, 0.05) is 65.8 Å². The first kappa shape index (κ1) is 29.1. The van der Waals surface area contributed by atoms with E-state index in [9.17, 15) is 0 Å². The lowest BCUT2D eigenvalue weighted by molar-refractivity contribution is 0.710. The van der Waals surface area contributed by atoms with Crippen LogP contribution in [0.2, 0.25) is 0 Å². The van der Waals surface area contributed by atoms with Gasteiger partial charge in [0.2, 0.25) is 0 Å². The minimum absolute atomic E-state index is 0.0140. The third kappa shape index (κ3) is 2.87. The third-order valence-electron chi connectivity index (χ3n) is 14.8. The quantitative estimate of drug-likeness (QED) is 0.138. The van der Waals surface area contributed by atoms with Gasteiger partial charge >= 0.3 is 6.85 Å². The standard InChI is InChI=1S/C53H31BN4/c1-27-24-26-42-46-43(27)34-16-8-18-36-48(34)58(54(46)38-19-9-14-32-30-12-4-6-21-40(30)56(42)49(32)38)53-37-25-23-28(2)44-33-15-10-22-41-45(33)51(57(50(37)44)52(36)53)35-17-7-13-31-29-11-3-5-20-39(29)55(41)47(31)35/h3-26,51H,1-2H3. The normalized spacial score (nSPS) is 15.2. The topological polar surface area (TPSA) is 19.7 Å². The minimum atomic E-state index is 0.0140. The molecule has 0 amide bonds. The van der Waals surface area contributed by atoms with Crippen LogP contribution in [0.1, 0.15) is 28.3 Å². The molecule has 0 fully saturated rings. The molecular weight excluding hydrogens is 703 g/mol. The van der Waals surface area contributed by atoms with Crippen molar-refractivity contribution in [3.05, 3.63) is 168 Å². The second-order valence-corrected chi connectivity index (χ2v) is 17.2. The fourth-order valence-electron chi connectivity index (χ4n) is 12.8. The number of hydrogen-bond donors (Lipinski definition) is 0. The largest absolute Gasteiger partial charge is 0.374 e. The van der Waals surface area contributed by atoms with E-state index in [4.69, 9.17) is 0 Å². The highest BCUT2D eigenvalue weighted by Crippen LogP contribution is 2.57. The zero-order valence-corrected chi connectivity index (χ0v) is 31.8. The Bertz CT molecular complexity index is 4010. The molecule has 8 heterocycles. The summed E-state index contributed by atoms with van der Waals surface area (Å²) in [7, 11) is 0. The first-order valence-electron chi connectivity index (χ1n) is 20.6. The van der Waals surface area contributed by atoms with E-state index in [-0.39, 0.29) is 12.9 Å². The van der Waals surface area contributed by atoms with Crippen molar-refractivity contribution in [1.82, 2.24) is 18.2 Å². The number of fused-ring (bicyclic) bond motifs is 19. The molecule has 1 atom stereocenters. The van der Waals surface area contributed by atoms with Crippen molar-refractivity contribution < 1.29 is 0 Å². The summed E-state index contributed by atoms with van der Waals surface area (Å²) in [6.45, 7) is 4.65. The summed E-state index contributed by atoms with van der Waals surface area (Å²) >= 11 is 0.